The fourth-order valence-corrected chi connectivity index (χ4v) is 2.06. The zero-order chi connectivity index (χ0) is 14.0. The molecule has 0 aromatic heterocycles. The van der Waals surface area contributed by atoms with Crippen LogP contribution in [0.15, 0.2) is 40.9 Å². The van der Waals surface area contributed by atoms with Crippen LogP contribution in [0.25, 0.3) is 0 Å². The van der Waals surface area contributed by atoms with Gasteiger partial charge in [-0.15, -0.1) is 0 Å². The van der Waals surface area contributed by atoms with Crippen LogP contribution in [0.3, 0.4) is 0 Å². The number of carbonyl (C=O) groups excluding carboxylic acids is 1. The SMILES string of the molecule is O=C(Nc1ccc(F)cc1Cl)c1ccc(Br)c(Cl)c1. The van der Waals surface area contributed by atoms with Crippen molar-refractivity contribution in [3.05, 3.63) is 62.3 Å². The van der Waals surface area contributed by atoms with Crippen LogP contribution in [0.4, 0.5) is 10.1 Å². The minimum atomic E-state index is -0.463. The third-order valence-electron chi connectivity index (χ3n) is 2.36. The lowest BCUT2D eigenvalue weighted by Crippen LogP contribution is -2.12. The van der Waals surface area contributed by atoms with E-state index in [1.165, 1.54) is 18.2 Å². The lowest BCUT2D eigenvalue weighted by molar-refractivity contribution is 0.102. The topological polar surface area (TPSA) is 29.1 Å². The lowest BCUT2D eigenvalue weighted by Gasteiger charge is -2.08. The molecule has 0 radical (unpaired) electrons. The van der Waals surface area contributed by atoms with Crippen LogP contribution in [-0.2, 0) is 0 Å². The summed E-state index contributed by atoms with van der Waals surface area (Å²) in [5.74, 6) is -0.836. The first-order valence-corrected chi connectivity index (χ1v) is 6.74. The minimum absolute atomic E-state index is 0.136. The number of rotatable bonds is 2. The number of benzene rings is 2. The van der Waals surface area contributed by atoms with E-state index in [4.69, 9.17) is 23.2 Å². The summed E-state index contributed by atoms with van der Waals surface area (Å²) in [5.41, 5.74) is 0.723. The van der Waals surface area contributed by atoms with E-state index in [0.29, 0.717) is 20.7 Å². The average Bonchev–Trinajstić information content (AvgIpc) is 2.36. The molecule has 0 unspecified atom stereocenters. The van der Waals surface area contributed by atoms with Crippen molar-refractivity contribution in [3.63, 3.8) is 0 Å². The normalized spacial score (nSPS) is 10.3. The van der Waals surface area contributed by atoms with Crippen LogP contribution in [-0.4, -0.2) is 5.91 Å². The third-order valence-corrected chi connectivity index (χ3v) is 3.91. The second kappa shape index (κ2) is 5.90. The number of carbonyl (C=O) groups is 1. The van der Waals surface area contributed by atoms with Crippen molar-refractivity contribution in [1.82, 2.24) is 0 Å². The Labute approximate surface area is 127 Å². The minimum Gasteiger partial charge on any atom is -0.321 e. The monoisotopic (exact) mass is 361 g/mol. The molecule has 1 N–H and O–H groups in total. The fourth-order valence-electron chi connectivity index (χ4n) is 1.42. The molecule has 0 atom stereocenters. The summed E-state index contributed by atoms with van der Waals surface area (Å²) in [6, 6.07) is 8.56. The summed E-state index contributed by atoms with van der Waals surface area (Å²) in [7, 11) is 0. The van der Waals surface area contributed by atoms with E-state index in [1.807, 2.05) is 0 Å². The molecule has 2 nitrogen and oxygen atoms in total. The van der Waals surface area contributed by atoms with Crippen molar-refractivity contribution in [1.29, 1.82) is 0 Å². The number of hydrogen-bond acceptors (Lipinski definition) is 1. The number of hydrogen-bond donors (Lipinski definition) is 1. The van der Waals surface area contributed by atoms with Gasteiger partial charge in [0.25, 0.3) is 5.91 Å². The Kier molecular flexibility index (Phi) is 4.45. The van der Waals surface area contributed by atoms with Crippen molar-refractivity contribution < 1.29 is 9.18 Å². The van der Waals surface area contributed by atoms with E-state index in [2.05, 4.69) is 21.2 Å². The number of halogens is 4. The van der Waals surface area contributed by atoms with Crippen LogP contribution in [0.1, 0.15) is 10.4 Å². The standard InChI is InChI=1S/C13H7BrCl2FNO/c14-9-3-1-7(5-10(9)15)13(19)18-12-4-2-8(17)6-11(12)16/h1-6H,(H,18,19). The highest BCUT2D eigenvalue weighted by molar-refractivity contribution is 9.10. The molecule has 0 bridgehead atoms. The van der Waals surface area contributed by atoms with Crippen molar-refractivity contribution in [2.45, 2.75) is 0 Å². The van der Waals surface area contributed by atoms with Gasteiger partial charge in [-0.1, -0.05) is 23.2 Å². The second-order valence-electron chi connectivity index (χ2n) is 3.71. The first kappa shape index (κ1) is 14.3. The molecule has 0 saturated heterocycles. The molecule has 6 heteroatoms. The number of amides is 1. The quantitative estimate of drug-likeness (QED) is 0.786. The Hall–Kier alpha value is -1.10. The van der Waals surface area contributed by atoms with Crippen molar-refractivity contribution in [2.75, 3.05) is 5.32 Å². The van der Waals surface area contributed by atoms with Crippen LogP contribution in [0, 0.1) is 5.82 Å². The lowest BCUT2D eigenvalue weighted by atomic mass is 10.2. The molecule has 2 rings (SSSR count). The largest absolute Gasteiger partial charge is 0.321 e. The van der Waals surface area contributed by atoms with Gasteiger partial charge >= 0.3 is 0 Å². The fraction of sp³-hybridized carbons (Fsp3) is 0. The molecule has 2 aromatic rings. The van der Waals surface area contributed by atoms with Gasteiger partial charge in [0.1, 0.15) is 5.82 Å². The highest BCUT2D eigenvalue weighted by Gasteiger charge is 2.10. The molecular formula is C13H7BrCl2FNO. The molecule has 98 valence electrons. The highest BCUT2D eigenvalue weighted by atomic mass is 79.9. The molecule has 0 aliphatic heterocycles. The molecule has 19 heavy (non-hydrogen) atoms. The van der Waals surface area contributed by atoms with Crippen LogP contribution >= 0.6 is 39.1 Å². The summed E-state index contributed by atoms with van der Waals surface area (Å²) in [6.07, 6.45) is 0. The van der Waals surface area contributed by atoms with Crippen molar-refractivity contribution >= 4 is 50.7 Å². The molecule has 0 aliphatic rings. The first-order valence-electron chi connectivity index (χ1n) is 5.19. The maximum atomic E-state index is 12.9. The van der Waals surface area contributed by atoms with Gasteiger partial charge in [0.15, 0.2) is 0 Å². The molecule has 2 aromatic carbocycles. The zero-order valence-electron chi connectivity index (χ0n) is 9.38. The molecule has 0 fully saturated rings. The average molecular weight is 363 g/mol. The molecule has 0 heterocycles. The smallest absolute Gasteiger partial charge is 0.255 e. The van der Waals surface area contributed by atoms with E-state index in [9.17, 15) is 9.18 Å². The summed E-state index contributed by atoms with van der Waals surface area (Å²) >= 11 is 15.0. The zero-order valence-corrected chi connectivity index (χ0v) is 12.5. The van der Waals surface area contributed by atoms with Gasteiger partial charge < -0.3 is 5.32 Å². The van der Waals surface area contributed by atoms with E-state index in [-0.39, 0.29) is 10.9 Å². The summed E-state index contributed by atoms with van der Waals surface area (Å²) in [4.78, 5) is 12.0. The van der Waals surface area contributed by atoms with Gasteiger partial charge in [-0.05, 0) is 52.3 Å². The van der Waals surface area contributed by atoms with Gasteiger partial charge in [0, 0.05) is 10.0 Å². The van der Waals surface area contributed by atoms with E-state index < -0.39 is 5.82 Å². The number of nitrogens with one attached hydrogen (secondary N) is 1. The molecule has 0 saturated carbocycles. The molecular weight excluding hydrogens is 356 g/mol. The van der Waals surface area contributed by atoms with Gasteiger partial charge in [-0.2, -0.15) is 0 Å². The van der Waals surface area contributed by atoms with Crippen LogP contribution in [0.2, 0.25) is 10.0 Å². The Bertz CT molecular complexity index is 649. The molecule has 1 amide bonds. The van der Waals surface area contributed by atoms with Gasteiger partial charge in [-0.3, -0.25) is 4.79 Å². The van der Waals surface area contributed by atoms with Crippen molar-refractivity contribution in [3.8, 4) is 0 Å². The summed E-state index contributed by atoms with van der Waals surface area (Å²) in [6.45, 7) is 0. The Morgan fingerprint density at radius 1 is 1.11 bits per heavy atom. The molecule has 0 spiro atoms. The van der Waals surface area contributed by atoms with E-state index >= 15 is 0 Å². The predicted molar refractivity (Wildman–Crippen MR) is 78.5 cm³/mol. The maximum Gasteiger partial charge on any atom is 0.255 e. The first-order chi connectivity index (χ1) is 8.97. The Balaban J connectivity index is 2.23. The Morgan fingerprint density at radius 2 is 1.84 bits per heavy atom. The maximum absolute atomic E-state index is 12.9. The van der Waals surface area contributed by atoms with Gasteiger partial charge in [0.2, 0.25) is 0 Å². The van der Waals surface area contributed by atoms with Crippen molar-refractivity contribution in [2.24, 2.45) is 0 Å². The van der Waals surface area contributed by atoms with Gasteiger partial charge in [-0.25, -0.2) is 4.39 Å². The van der Waals surface area contributed by atoms with E-state index in [1.54, 1.807) is 12.1 Å². The van der Waals surface area contributed by atoms with E-state index in [0.717, 1.165) is 6.07 Å². The highest BCUT2D eigenvalue weighted by Crippen LogP contribution is 2.25. The summed E-state index contributed by atoms with van der Waals surface area (Å²) < 4.78 is 13.6. The third kappa shape index (κ3) is 3.47. The van der Waals surface area contributed by atoms with Gasteiger partial charge in [0.05, 0.1) is 15.7 Å². The van der Waals surface area contributed by atoms with Crippen LogP contribution in [0.5, 0.6) is 0 Å². The second-order valence-corrected chi connectivity index (χ2v) is 5.38. The predicted octanol–water partition coefficient (Wildman–Crippen LogP) is 5.15. The van der Waals surface area contributed by atoms with Crippen LogP contribution < -0.4 is 5.32 Å². The summed E-state index contributed by atoms with van der Waals surface area (Å²) in [5, 5.41) is 3.15. The Morgan fingerprint density at radius 3 is 2.47 bits per heavy atom. The molecule has 0 aliphatic carbocycles. The number of anilines is 1.